The summed E-state index contributed by atoms with van der Waals surface area (Å²) in [5.41, 5.74) is 1.64. The van der Waals surface area contributed by atoms with Crippen LogP contribution in [-0.2, 0) is 0 Å². The standard InChI is InChI=1S/C22H28/c1-15(2)18-13-17-9-6-12-21(22(17)14-18)20-11-5-8-16-7-3-4-10-19(16)20/h3-5,7-8,10-11,15,17-18,21-22H,6,9,12-14H2,1-2H3. The van der Waals surface area contributed by atoms with Gasteiger partial charge in [0.05, 0.1) is 0 Å². The molecule has 2 fully saturated rings. The topological polar surface area (TPSA) is 0 Å². The van der Waals surface area contributed by atoms with Gasteiger partial charge in [-0.3, -0.25) is 0 Å². The summed E-state index contributed by atoms with van der Waals surface area (Å²) in [6, 6.07) is 15.9. The largest absolute Gasteiger partial charge is 0.0625 e. The summed E-state index contributed by atoms with van der Waals surface area (Å²) in [5, 5.41) is 2.92. The van der Waals surface area contributed by atoms with E-state index in [2.05, 4.69) is 56.3 Å². The maximum atomic E-state index is 2.43. The van der Waals surface area contributed by atoms with E-state index in [4.69, 9.17) is 0 Å². The highest BCUT2D eigenvalue weighted by Crippen LogP contribution is 2.53. The van der Waals surface area contributed by atoms with E-state index < -0.39 is 0 Å². The molecule has 2 aromatic rings. The Morgan fingerprint density at radius 2 is 1.73 bits per heavy atom. The minimum atomic E-state index is 0.800. The van der Waals surface area contributed by atoms with Crippen LogP contribution in [0.5, 0.6) is 0 Å². The van der Waals surface area contributed by atoms with E-state index in [0.29, 0.717) is 0 Å². The number of fused-ring (bicyclic) bond motifs is 2. The Morgan fingerprint density at radius 1 is 0.909 bits per heavy atom. The van der Waals surface area contributed by atoms with Crippen molar-refractivity contribution < 1.29 is 0 Å². The third-order valence-corrected chi connectivity index (χ3v) is 6.56. The van der Waals surface area contributed by atoms with Crippen LogP contribution in [0.1, 0.15) is 57.4 Å². The molecule has 2 aromatic carbocycles. The lowest BCUT2D eigenvalue weighted by Gasteiger charge is -2.35. The van der Waals surface area contributed by atoms with E-state index in [-0.39, 0.29) is 0 Å². The van der Waals surface area contributed by atoms with E-state index in [0.717, 1.165) is 29.6 Å². The molecule has 0 amide bonds. The van der Waals surface area contributed by atoms with Crippen LogP contribution >= 0.6 is 0 Å². The number of rotatable bonds is 2. The van der Waals surface area contributed by atoms with Crippen molar-refractivity contribution in [3.8, 4) is 0 Å². The molecule has 0 bridgehead atoms. The SMILES string of the molecule is CC(C)C1CC2CCCC(c3cccc4ccccc34)C2C1. The van der Waals surface area contributed by atoms with Crippen molar-refractivity contribution in [2.75, 3.05) is 0 Å². The summed E-state index contributed by atoms with van der Waals surface area (Å²) < 4.78 is 0. The molecule has 22 heavy (non-hydrogen) atoms. The Bertz CT molecular complexity index is 649. The first-order valence-electron chi connectivity index (χ1n) is 9.21. The Labute approximate surface area is 134 Å². The lowest BCUT2D eigenvalue weighted by atomic mass is 9.70. The van der Waals surface area contributed by atoms with Gasteiger partial charge in [0, 0.05) is 0 Å². The molecule has 0 spiro atoms. The van der Waals surface area contributed by atoms with Crippen LogP contribution in [0.25, 0.3) is 10.8 Å². The summed E-state index contributed by atoms with van der Waals surface area (Å²) in [6.07, 6.45) is 7.27. The first-order valence-corrected chi connectivity index (χ1v) is 9.21. The van der Waals surface area contributed by atoms with Gasteiger partial charge in [-0.25, -0.2) is 0 Å². The Balaban J connectivity index is 1.71. The van der Waals surface area contributed by atoms with Gasteiger partial charge in [-0.05, 0) is 65.2 Å². The molecule has 0 heterocycles. The molecule has 4 rings (SSSR count). The molecule has 2 aliphatic rings. The first-order chi connectivity index (χ1) is 10.7. The quantitative estimate of drug-likeness (QED) is 0.600. The predicted molar refractivity (Wildman–Crippen MR) is 95.1 cm³/mol. The van der Waals surface area contributed by atoms with Gasteiger partial charge in [0.25, 0.3) is 0 Å². The monoisotopic (exact) mass is 292 g/mol. The average Bonchev–Trinajstić information content (AvgIpc) is 2.99. The number of benzene rings is 2. The molecule has 4 atom stereocenters. The van der Waals surface area contributed by atoms with Crippen molar-refractivity contribution >= 4 is 10.8 Å². The zero-order valence-electron chi connectivity index (χ0n) is 14.0. The summed E-state index contributed by atoms with van der Waals surface area (Å²) >= 11 is 0. The van der Waals surface area contributed by atoms with Gasteiger partial charge in [0.2, 0.25) is 0 Å². The highest BCUT2D eigenvalue weighted by Gasteiger charge is 2.42. The Morgan fingerprint density at radius 3 is 2.59 bits per heavy atom. The van der Waals surface area contributed by atoms with Crippen molar-refractivity contribution in [1.82, 2.24) is 0 Å². The van der Waals surface area contributed by atoms with Crippen LogP contribution in [0.4, 0.5) is 0 Å². The van der Waals surface area contributed by atoms with E-state index in [1.54, 1.807) is 5.56 Å². The molecule has 0 heteroatoms. The van der Waals surface area contributed by atoms with Gasteiger partial charge in [-0.2, -0.15) is 0 Å². The number of hydrogen-bond acceptors (Lipinski definition) is 0. The molecule has 116 valence electrons. The molecule has 2 saturated carbocycles. The first kappa shape index (κ1) is 14.3. The van der Waals surface area contributed by atoms with Gasteiger partial charge in [-0.15, -0.1) is 0 Å². The van der Waals surface area contributed by atoms with Crippen molar-refractivity contribution in [3.05, 3.63) is 48.0 Å². The van der Waals surface area contributed by atoms with Crippen LogP contribution < -0.4 is 0 Å². The zero-order chi connectivity index (χ0) is 15.1. The molecule has 0 nitrogen and oxygen atoms in total. The molecule has 0 aliphatic heterocycles. The Hall–Kier alpha value is -1.30. The maximum absolute atomic E-state index is 2.43. The summed E-state index contributed by atoms with van der Waals surface area (Å²) in [6.45, 7) is 4.85. The molecule has 4 unspecified atom stereocenters. The van der Waals surface area contributed by atoms with Crippen LogP contribution in [0.3, 0.4) is 0 Å². The van der Waals surface area contributed by atoms with Crippen LogP contribution in [0, 0.1) is 23.7 Å². The van der Waals surface area contributed by atoms with Crippen molar-refractivity contribution in [2.24, 2.45) is 23.7 Å². The highest BCUT2D eigenvalue weighted by molar-refractivity contribution is 5.86. The second kappa shape index (κ2) is 5.72. The van der Waals surface area contributed by atoms with Gasteiger partial charge in [-0.1, -0.05) is 69.2 Å². The van der Waals surface area contributed by atoms with E-state index in [1.165, 1.54) is 42.9 Å². The van der Waals surface area contributed by atoms with Crippen LogP contribution in [0.15, 0.2) is 42.5 Å². The van der Waals surface area contributed by atoms with Crippen molar-refractivity contribution in [1.29, 1.82) is 0 Å². The fourth-order valence-electron chi connectivity index (χ4n) is 5.34. The number of hydrogen-bond donors (Lipinski definition) is 0. The maximum Gasteiger partial charge on any atom is -0.0125 e. The summed E-state index contributed by atoms with van der Waals surface area (Å²) in [4.78, 5) is 0. The molecule has 0 aromatic heterocycles. The second-order valence-corrected chi connectivity index (χ2v) is 8.01. The predicted octanol–water partition coefficient (Wildman–Crippen LogP) is 6.41. The molecule has 2 aliphatic carbocycles. The molecule has 0 N–H and O–H groups in total. The molecule has 0 radical (unpaired) electrons. The van der Waals surface area contributed by atoms with Gasteiger partial charge < -0.3 is 0 Å². The Kier molecular flexibility index (Phi) is 3.72. The average molecular weight is 292 g/mol. The van der Waals surface area contributed by atoms with Gasteiger partial charge in [0.15, 0.2) is 0 Å². The lowest BCUT2D eigenvalue weighted by molar-refractivity contribution is 0.239. The van der Waals surface area contributed by atoms with Gasteiger partial charge >= 0.3 is 0 Å². The summed E-state index contributed by atoms with van der Waals surface area (Å²) in [7, 11) is 0. The fraction of sp³-hybridized carbons (Fsp3) is 0.545. The van der Waals surface area contributed by atoms with Crippen molar-refractivity contribution in [3.63, 3.8) is 0 Å². The van der Waals surface area contributed by atoms with Crippen LogP contribution in [-0.4, -0.2) is 0 Å². The summed E-state index contributed by atoms with van der Waals surface area (Å²) in [5.74, 6) is 4.55. The molecule has 0 saturated heterocycles. The van der Waals surface area contributed by atoms with E-state index in [9.17, 15) is 0 Å². The minimum absolute atomic E-state index is 0.800. The fourth-order valence-corrected chi connectivity index (χ4v) is 5.34. The van der Waals surface area contributed by atoms with E-state index >= 15 is 0 Å². The smallest absolute Gasteiger partial charge is 0.0125 e. The normalized spacial score (nSPS) is 31.6. The highest BCUT2D eigenvalue weighted by atomic mass is 14.5. The molecular formula is C22H28. The molecular weight excluding hydrogens is 264 g/mol. The lowest BCUT2D eigenvalue weighted by Crippen LogP contribution is -2.22. The van der Waals surface area contributed by atoms with Crippen molar-refractivity contribution in [2.45, 2.75) is 51.9 Å². The zero-order valence-corrected chi connectivity index (χ0v) is 14.0. The van der Waals surface area contributed by atoms with Crippen LogP contribution in [0.2, 0.25) is 0 Å². The minimum Gasteiger partial charge on any atom is -0.0625 e. The third-order valence-electron chi connectivity index (χ3n) is 6.56. The third kappa shape index (κ3) is 2.37. The van der Waals surface area contributed by atoms with Gasteiger partial charge in [0.1, 0.15) is 0 Å². The second-order valence-electron chi connectivity index (χ2n) is 8.01. The van der Waals surface area contributed by atoms with E-state index in [1.807, 2.05) is 0 Å².